The maximum Gasteiger partial charge on any atom is 0.0413 e. The molecule has 19 heavy (non-hydrogen) atoms. The lowest BCUT2D eigenvalue weighted by Crippen LogP contribution is -2.45. The number of nitrogens with zero attached hydrogens (tertiary/aromatic N) is 1. The monoisotopic (exact) mass is 342 g/mol. The van der Waals surface area contributed by atoms with Crippen LogP contribution in [0.1, 0.15) is 26.3 Å². The molecule has 1 aliphatic heterocycles. The van der Waals surface area contributed by atoms with Crippen molar-refractivity contribution in [1.29, 1.82) is 0 Å². The Balaban J connectivity index is 2.33. The van der Waals surface area contributed by atoms with Gasteiger partial charge in [0.15, 0.2) is 0 Å². The zero-order valence-corrected chi connectivity index (χ0v) is 14.3. The van der Waals surface area contributed by atoms with Crippen LogP contribution in [0.3, 0.4) is 0 Å². The molecule has 4 heteroatoms. The first-order valence-electron chi connectivity index (χ1n) is 6.91. The Morgan fingerprint density at radius 1 is 1.47 bits per heavy atom. The quantitative estimate of drug-likeness (QED) is 0.908. The van der Waals surface area contributed by atoms with Crippen LogP contribution in [-0.2, 0) is 6.42 Å². The second kappa shape index (κ2) is 6.51. The van der Waals surface area contributed by atoms with Crippen LogP contribution in [0.5, 0.6) is 0 Å². The van der Waals surface area contributed by atoms with Crippen molar-refractivity contribution in [2.45, 2.75) is 44.5 Å². The fourth-order valence-electron chi connectivity index (χ4n) is 2.60. The molecule has 1 aromatic rings. The fraction of sp³-hybridized carbons (Fsp3) is 0.600. The summed E-state index contributed by atoms with van der Waals surface area (Å²) in [6, 6.07) is 7.35. The summed E-state index contributed by atoms with van der Waals surface area (Å²) in [6.07, 6.45) is 0.938. The van der Waals surface area contributed by atoms with E-state index in [0.717, 1.165) is 17.4 Å². The Morgan fingerprint density at radius 2 is 2.21 bits per heavy atom. The molecule has 3 atom stereocenters. The van der Waals surface area contributed by atoms with Crippen LogP contribution in [-0.4, -0.2) is 29.6 Å². The SMILES string of the molecule is CC(N)Cc1ccc(Br)cc1N1CCSC(C)C1C. The molecule has 1 heterocycles. The number of benzene rings is 1. The smallest absolute Gasteiger partial charge is 0.0413 e. The van der Waals surface area contributed by atoms with Crippen molar-refractivity contribution >= 4 is 33.4 Å². The number of hydrogen-bond acceptors (Lipinski definition) is 3. The van der Waals surface area contributed by atoms with Crippen LogP contribution in [0.4, 0.5) is 5.69 Å². The molecule has 1 aliphatic rings. The van der Waals surface area contributed by atoms with Crippen molar-refractivity contribution in [3.05, 3.63) is 28.2 Å². The Bertz CT molecular complexity index is 436. The summed E-state index contributed by atoms with van der Waals surface area (Å²) in [4.78, 5) is 2.55. The molecule has 2 N–H and O–H groups in total. The van der Waals surface area contributed by atoms with E-state index in [1.54, 1.807) is 0 Å². The van der Waals surface area contributed by atoms with E-state index in [-0.39, 0.29) is 6.04 Å². The van der Waals surface area contributed by atoms with Crippen LogP contribution in [0.15, 0.2) is 22.7 Å². The van der Waals surface area contributed by atoms with Gasteiger partial charge in [-0.3, -0.25) is 0 Å². The van der Waals surface area contributed by atoms with Crippen LogP contribution in [0.25, 0.3) is 0 Å². The standard InChI is InChI=1S/C15H23BrN2S/c1-10(17)8-13-4-5-14(16)9-15(13)18-6-7-19-12(3)11(18)2/h4-5,9-12H,6-8,17H2,1-3H3. The number of anilines is 1. The molecule has 0 aliphatic carbocycles. The molecular weight excluding hydrogens is 320 g/mol. The van der Waals surface area contributed by atoms with Gasteiger partial charge in [0.25, 0.3) is 0 Å². The molecule has 1 aromatic carbocycles. The lowest BCUT2D eigenvalue weighted by Gasteiger charge is -2.40. The number of nitrogens with two attached hydrogens (primary N) is 1. The van der Waals surface area contributed by atoms with Crippen molar-refractivity contribution in [2.75, 3.05) is 17.2 Å². The van der Waals surface area contributed by atoms with E-state index in [1.165, 1.54) is 17.0 Å². The highest BCUT2D eigenvalue weighted by atomic mass is 79.9. The zero-order chi connectivity index (χ0) is 14.0. The van der Waals surface area contributed by atoms with Gasteiger partial charge >= 0.3 is 0 Å². The highest BCUT2D eigenvalue weighted by Gasteiger charge is 2.26. The number of hydrogen-bond donors (Lipinski definition) is 1. The van der Waals surface area contributed by atoms with Gasteiger partial charge in [0.05, 0.1) is 0 Å². The van der Waals surface area contributed by atoms with Gasteiger partial charge < -0.3 is 10.6 Å². The number of halogens is 1. The molecule has 0 radical (unpaired) electrons. The van der Waals surface area contributed by atoms with E-state index in [1.807, 2.05) is 0 Å². The summed E-state index contributed by atoms with van der Waals surface area (Å²) >= 11 is 5.67. The van der Waals surface area contributed by atoms with Crippen molar-refractivity contribution < 1.29 is 0 Å². The molecule has 0 aromatic heterocycles. The third-order valence-corrected chi connectivity index (χ3v) is 5.61. The van der Waals surface area contributed by atoms with Gasteiger partial charge in [0.1, 0.15) is 0 Å². The Hall–Kier alpha value is -0.190. The number of thioether (sulfide) groups is 1. The predicted molar refractivity (Wildman–Crippen MR) is 90.2 cm³/mol. The Kier molecular flexibility index (Phi) is 5.21. The van der Waals surface area contributed by atoms with Crippen LogP contribution in [0.2, 0.25) is 0 Å². The average molecular weight is 343 g/mol. The minimum Gasteiger partial charge on any atom is -0.367 e. The van der Waals surface area contributed by atoms with Crippen molar-refractivity contribution in [2.24, 2.45) is 5.73 Å². The topological polar surface area (TPSA) is 29.3 Å². The van der Waals surface area contributed by atoms with E-state index in [9.17, 15) is 0 Å². The van der Waals surface area contributed by atoms with E-state index >= 15 is 0 Å². The van der Waals surface area contributed by atoms with Gasteiger partial charge in [-0.2, -0.15) is 11.8 Å². The molecular formula is C15H23BrN2S. The zero-order valence-electron chi connectivity index (χ0n) is 11.9. The molecule has 3 unspecified atom stereocenters. The van der Waals surface area contributed by atoms with E-state index < -0.39 is 0 Å². The molecule has 0 bridgehead atoms. The Morgan fingerprint density at radius 3 is 2.89 bits per heavy atom. The first-order valence-corrected chi connectivity index (χ1v) is 8.75. The highest BCUT2D eigenvalue weighted by Crippen LogP contribution is 2.33. The molecule has 2 nitrogen and oxygen atoms in total. The second-order valence-corrected chi connectivity index (χ2v) is 7.87. The predicted octanol–water partition coefficient (Wildman–Crippen LogP) is 3.67. The van der Waals surface area contributed by atoms with Crippen molar-refractivity contribution in [3.63, 3.8) is 0 Å². The molecule has 1 saturated heterocycles. The van der Waals surface area contributed by atoms with E-state index in [2.05, 4.69) is 71.6 Å². The lowest BCUT2D eigenvalue weighted by molar-refractivity contribution is 0.621. The minimum absolute atomic E-state index is 0.201. The maximum atomic E-state index is 5.99. The average Bonchev–Trinajstić information content (AvgIpc) is 2.35. The van der Waals surface area contributed by atoms with Gasteiger partial charge in [-0.05, 0) is 38.0 Å². The molecule has 0 amide bonds. The normalized spacial score (nSPS) is 25.4. The summed E-state index contributed by atoms with van der Waals surface area (Å²) in [5.41, 5.74) is 8.71. The van der Waals surface area contributed by atoms with Crippen LogP contribution >= 0.6 is 27.7 Å². The van der Waals surface area contributed by atoms with E-state index in [0.29, 0.717) is 11.3 Å². The highest BCUT2D eigenvalue weighted by molar-refractivity contribution is 9.10. The van der Waals surface area contributed by atoms with Gasteiger partial charge in [-0.15, -0.1) is 0 Å². The van der Waals surface area contributed by atoms with Gasteiger partial charge in [0, 0.05) is 39.8 Å². The van der Waals surface area contributed by atoms with Gasteiger partial charge in [-0.1, -0.05) is 28.9 Å². The van der Waals surface area contributed by atoms with Crippen molar-refractivity contribution in [3.8, 4) is 0 Å². The Labute approximate surface area is 129 Å². The van der Waals surface area contributed by atoms with E-state index in [4.69, 9.17) is 5.73 Å². The first kappa shape index (κ1) is 15.2. The summed E-state index contributed by atoms with van der Waals surface area (Å²) in [7, 11) is 0. The fourth-order valence-corrected chi connectivity index (χ4v) is 4.05. The molecule has 0 saturated carbocycles. The molecule has 0 spiro atoms. The summed E-state index contributed by atoms with van der Waals surface area (Å²) in [6.45, 7) is 7.85. The van der Waals surface area contributed by atoms with Crippen LogP contribution < -0.4 is 10.6 Å². The minimum atomic E-state index is 0.201. The first-order chi connectivity index (χ1) is 8.99. The molecule has 2 rings (SSSR count). The summed E-state index contributed by atoms with van der Waals surface area (Å²) in [5, 5.41) is 0.677. The largest absolute Gasteiger partial charge is 0.367 e. The third-order valence-electron chi connectivity index (χ3n) is 3.78. The van der Waals surface area contributed by atoms with Gasteiger partial charge in [-0.25, -0.2) is 0 Å². The third kappa shape index (κ3) is 3.67. The molecule has 106 valence electrons. The lowest BCUT2D eigenvalue weighted by atomic mass is 10.0. The van der Waals surface area contributed by atoms with Crippen LogP contribution in [0, 0.1) is 0 Å². The maximum absolute atomic E-state index is 5.99. The number of rotatable bonds is 3. The van der Waals surface area contributed by atoms with Gasteiger partial charge in [0.2, 0.25) is 0 Å². The molecule has 1 fully saturated rings. The summed E-state index contributed by atoms with van der Waals surface area (Å²) in [5.74, 6) is 1.20. The van der Waals surface area contributed by atoms with Crippen molar-refractivity contribution in [1.82, 2.24) is 0 Å². The second-order valence-electron chi connectivity index (χ2n) is 5.46. The summed E-state index contributed by atoms with van der Waals surface area (Å²) < 4.78 is 1.15.